The summed E-state index contributed by atoms with van der Waals surface area (Å²) in [5.41, 5.74) is 1.58. The van der Waals surface area contributed by atoms with Crippen molar-refractivity contribution < 1.29 is 22.7 Å². The van der Waals surface area contributed by atoms with Crippen LogP contribution in [0.2, 0.25) is 0 Å². The van der Waals surface area contributed by atoms with Crippen molar-refractivity contribution in [3.05, 3.63) is 91.0 Å². The van der Waals surface area contributed by atoms with E-state index in [0.29, 0.717) is 16.7 Å². The van der Waals surface area contributed by atoms with E-state index in [4.69, 9.17) is 4.74 Å². The predicted octanol–water partition coefficient (Wildman–Crippen LogP) is 4.91. The van der Waals surface area contributed by atoms with Crippen molar-refractivity contribution in [1.29, 1.82) is 0 Å². The second-order valence-electron chi connectivity index (χ2n) is 7.67. The number of carbonyl (C=O) groups is 1. The van der Waals surface area contributed by atoms with Crippen LogP contribution in [0.25, 0.3) is 28.0 Å². The van der Waals surface area contributed by atoms with Crippen LogP contribution in [0.4, 0.5) is 18.9 Å². The number of para-hydroxylation sites is 1. The number of amides is 1. The summed E-state index contributed by atoms with van der Waals surface area (Å²) in [6.07, 6.45) is -1.42. The molecule has 2 aromatic heterocycles. The monoisotopic (exact) mass is 490 g/mol. The summed E-state index contributed by atoms with van der Waals surface area (Å²) in [5.74, 6) is 0.0618. The second kappa shape index (κ2) is 9.45. The van der Waals surface area contributed by atoms with Crippen LogP contribution in [0.5, 0.6) is 5.88 Å². The highest BCUT2D eigenvalue weighted by atomic mass is 19.4. The Morgan fingerprint density at radius 3 is 2.39 bits per heavy atom. The number of anilines is 1. The van der Waals surface area contributed by atoms with Gasteiger partial charge in [0.15, 0.2) is 12.4 Å². The van der Waals surface area contributed by atoms with Crippen molar-refractivity contribution in [3.63, 3.8) is 0 Å². The Labute approximate surface area is 202 Å². The van der Waals surface area contributed by atoms with Crippen molar-refractivity contribution in [3.8, 4) is 23.0 Å². The number of rotatable bonds is 6. The van der Waals surface area contributed by atoms with Crippen molar-refractivity contribution in [1.82, 2.24) is 24.7 Å². The minimum atomic E-state index is -4.45. The first-order valence-electron chi connectivity index (χ1n) is 10.7. The Bertz CT molecular complexity index is 1500. The summed E-state index contributed by atoms with van der Waals surface area (Å²) in [6.45, 7) is -0.396. The first-order valence-corrected chi connectivity index (χ1v) is 10.7. The number of aromatic nitrogens is 5. The third-order valence-corrected chi connectivity index (χ3v) is 5.21. The molecule has 0 fully saturated rings. The van der Waals surface area contributed by atoms with Gasteiger partial charge in [-0.2, -0.15) is 23.3 Å². The Morgan fingerprint density at radius 2 is 1.69 bits per heavy atom. The number of ether oxygens (including phenoxy) is 1. The molecule has 2 heterocycles. The van der Waals surface area contributed by atoms with E-state index in [9.17, 15) is 18.0 Å². The maximum atomic E-state index is 12.7. The fraction of sp³-hybridized carbons (Fsp3) is 0.0800. The molecule has 5 aromatic rings. The van der Waals surface area contributed by atoms with Gasteiger partial charge in [-0.3, -0.25) is 4.79 Å². The molecule has 3 aromatic carbocycles. The van der Waals surface area contributed by atoms with Gasteiger partial charge in [-0.05, 0) is 60.7 Å². The average molecular weight is 490 g/mol. The molecule has 8 nitrogen and oxygen atoms in total. The highest BCUT2D eigenvalue weighted by Crippen LogP contribution is 2.30. The molecule has 0 aliphatic heterocycles. The van der Waals surface area contributed by atoms with Gasteiger partial charge < -0.3 is 10.1 Å². The molecule has 1 N–H and O–H groups in total. The molecule has 0 spiro atoms. The van der Waals surface area contributed by atoms with E-state index in [1.807, 2.05) is 30.3 Å². The van der Waals surface area contributed by atoms with Gasteiger partial charge >= 0.3 is 6.18 Å². The molecule has 0 aliphatic carbocycles. The van der Waals surface area contributed by atoms with Gasteiger partial charge in [0.2, 0.25) is 5.88 Å². The lowest BCUT2D eigenvalue weighted by Crippen LogP contribution is -2.20. The van der Waals surface area contributed by atoms with Crippen molar-refractivity contribution >= 4 is 22.5 Å². The van der Waals surface area contributed by atoms with Crippen molar-refractivity contribution in [2.24, 2.45) is 0 Å². The van der Waals surface area contributed by atoms with Gasteiger partial charge in [0.1, 0.15) is 12.7 Å². The molecule has 36 heavy (non-hydrogen) atoms. The lowest BCUT2D eigenvalue weighted by Gasteiger charge is -2.12. The lowest BCUT2D eigenvalue weighted by molar-refractivity contribution is -0.137. The minimum absolute atomic E-state index is 0.207. The number of halogens is 3. The summed E-state index contributed by atoms with van der Waals surface area (Å²) in [4.78, 5) is 25.4. The number of fused-ring (bicyclic) bond motifs is 1. The quantitative estimate of drug-likeness (QED) is 0.363. The molecule has 1 amide bonds. The summed E-state index contributed by atoms with van der Waals surface area (Å²) < 4.78 is 45.5. The van der Waals surface area contributed by atoms with Crippen LogP contribution < -0.4 is 10.1 Å². The molecular weight excluding hydrogens is 473 g/mol. The van der Waals surface area contributed by atoms with E-state index in [2.05, 4.69) is 25.4 Å². The van der Waals surface area contributed by atoms with Crippen LogP contribution in [-0.4, -0.2) is 37.2 Å². The maximum absolute atomic E-state index is 12.7. The third kappa shape index (κ3) is 4.99. The molecule has 0 atom stereocenters. The number of hydrogen-bond donors (Lipinski definition) is 1. The number of nitrogens with zero attached hydrogens (tertiary/aromatic N) is 5. The van der Waals surface area contributed by atoms with E-state index in [1.165, 1.54) is 18.5 Å². The predicted molar refractivity (Wildman–Crippen MR) is 125 cm³/mol. The van der Waals surface area contributed by atoms with Gasteiger partial charge in [-0.25, -0.2) is 14.6 Å². The number of hydrogen-bond acceptors (Lipinski definition) is 6. The van der Waals surface area contributed by atoms with E-state index in [1.54, 1.807) is 29.2 Å². The van der Waals surface area contributed by atoms with Crippen LogP contribution in [0.15, 0.2) is 85.5 Å². The van der Waals surface area contributed by atoms with E-state index in [-0.39, 0.29) is 11.6 Å². The summed E-state index contributed by atoms with van der Waals surface area (Å²) in [5, 5.41) is 7.23. The van der Waals surface area contributed by atoms with Crippen molar-refractivity contribution in [2.75, 3.05) is 11.9 Å². The summed E-state index contributed by atoms with van der Waals surface area (Å²) in [7, 11) is 0. The molecule has 11 heteroatoms. The average Bonchev–Trinajstić information content (AvgIpc) is 3.42. The molecule has 0 radical (unpaired) electrons. The smallest absolute Gasteiger partial charge is 0.416 e. The number of nitrogens with one attached hydrogen (secondary N) is 1. The molecule has 0 saturated carbocycles. The highest BCUT2D eigenvalue weighted by molar-refractivity contribution is 5.92. The summed E-state index contributed by atoms with van der Waals surface area (Å²) >= 11 is 0. The largest absolute Gasteiger partial charge is 0.467 e. The van der Waals surface area contributed by atoms with Crippen molar-refractivity contribution in [2.45, 2.75) is 6.18 Å². The zero-order chi connectivity index (χ0) is 25.1. The SMILES string of the molecule is O=C(COc1nc(-c2ccc(-n3cncn3)cc2)nc2ccccc12)Nc1ccc(C(F)(F)F)cc1. The normalized spacial score (nSPS) is 11.4. The molecular formula is C25H17F3N6O2. The maximum Gasteiger partial charge on any atom is 0.416 e. The molecule has 5 rings (SSSR count). The molecule has 0 unspecified atom stereocenters. The topological polar surface area (TPSA) is 94.8 Å². The lowest BCUT2D eigenvalue weighted by atomic mass is 10.1. The molecule has 180 valence electrons. The fourth-order valence-electron chi connectivity index (χ4n) is 3.46. The highest BCUT2D eigenvalue weighted by Gasteiger charge is 2.30. The second-order valence-corrected chi connectivity index (χ2v) is 7.67. The zero-order valence-corrected chi connectivity index (χ0v) is 18.5. The first-order chi connectivity index (χ1) is 17.4. The van der Waals surface area contributed by atoms with E-state index >= 15 is 0 Å². The molecule has 0 bridgehead atoms. The zero-order valence-electron chi connectivity index (χ0n) is 18.5. The minimum Gasteiger partial charge on any atom is -0.467 e. The number of carbonyl (C=O) groups excluding carboxylic acids is 1. The van der Waals surface area contributed by atoms with Crippen LogP contribution in [0.1, 0.15) is 5.56 Å². The van der Waals surface area contributed by atoms with Crippen LogP contribution in [-0.2, 0) is 11.0 Å². The van der Waals surface area contributed by atoms with Gasteiger partial charge in [0, 0.05) is 11.3 Å². The van der Waals surface area contributed by atoms with Gasteiger partial charge in [-0.1, -0.05) is 12.1 Å². The number of benzene rings is 3. The van der Waals surface area contributed by atoms with Gasteiger partial charge in [0.05, 0.1) is 22.2 Å². The van der Waals surface area contributed by atoms with Crippen LogP contribution in [0.3, 0.4) is 0 Å². The Hall–Kier alpha value is -4.80. The number of alkyl halides is 3. The molecule has 0 saturated heterocycles. The first kappa shape index (κ1) is 23.0. The Balaban J connectivity index is 1.34. The van der Waals surface area contributed by atoms with Crippen LogP contribution >= 0.6 is 0 Å². The molecule has 0 aliphatic rings. The standard InChI is InChI=1S/C25H17F3N6O2/c26-25(27,28)17-7-9-18(10-8-17)31-22(35)13-36-24-20-3-1-2-4-21(20)32-23(33-24)16-5-11-19(12-6-16)34-15-29-14-30-34/h1-12,14-15H,13H2,(H,31,35). The summed E-state index contributed by atoms with van der Waals surface area (Å²) in [6, 6.07) is 18.7. The fourth-order valence-corrected chi connectivity index (χ4v) is 3.46. The Morgan fingerprint density at radius 1 is 0.944 bits per heavy atom. The van der Waals surface area contributed by atoms with Gasteiger partial charge in [-0.15, -0.1) is 0 Å². The van der Waals surface area contributed by atoms with Gasteiger partial charge in [0.25, 0.3) is 5.91 Å². The Kier molecular flexibility index (Phi) is 6.03. The van der Waals surface area contributed by atoms with Crippen LogP contribution in [0, 0.1) is 0 Å². The van der Waals surface area contributed by atoms with E-state index < -0.39 is 24.3 Å². The van der Waals surface area contributed by atoms with E-state index in [0.717, 1.165) is 23.4 Å². The third-order valence-electron chi connectivity index (χ3n) is 5.21.